The maximum atomic E-state index is 9.55. The number of halogens is 2. The van der Waals surface area contributed by atoms with E-state index in [1.807, 2.05) is 0 Å². The van der Waals surface area contributed by atoms with Crippen molar-refractivity contribution in [2.75, 3.05) is 6.54 Å². The summed E-state index contributed by atoms with van der Waals surface area (Å²) in [5.74, 6) is 0.175. The van der Waals surface area contributed by atoms with Crippen molar-refractivity contribution in [3.8, 4) is 5.75 Å². The van der Waals surface area contributed by atoms with E-state index in [9.17, 15) is 5.11 Å². The van der Waals surface area contributed by atoms with Gasteiger partial charge in [-0.15, -0.1) is 0 Å². The highest BCUT2D eigenvalue weighted by molar-refractivity contribution is 9.10. The summed E-state index contributed by atoms with van der Waals surface area (Å²) in [5, 5.41) is 10.1. The molecule has 1 aromatic rings. The van der Waals surface area contributed by atoms with E-state index < -0.39 is 0 Å². The highest BCUT2D eigenvalue weighted by Gasteiger charge is 2.03. The van der Waals surface area contributed by atoms with E-state index in [1.54, 1.807) is 24.3 Å². The van der Waals surface area contributed by atoms with Crippen molar-refractivity contribution in [3.63, 3.8) is 0 Å². The Morgan fingerprint density at radius 1 is 1.54 bits per heavy atom. The normalized spacial score (nSPS) is 11.0. The van der Waals surface area contributed by atoms with Crippen LogP contribution in [0.4, 0.5) is 0 Å². The molecule has 0 spiro atoms. The van der Waals surface area contributed by atoms with Crippen LogP contribution in [-0.4, -0.2) is 11.7 Å². The molecular weight excluding hydrogens is 253 g/mol. The van der Waals surface area contributed by atoms with Gasteiger partial charge in [-0.25, -0.2) is 0 Å². The molecule has 0 aromatic heterocycles. The molecule has 0 aliphatic rings. The summed E-state index contributed by atoms with van der Waals surface area (Å²) in [6.07, 6.45) is 3.48. The van der Waals surface area contributed by atoms with Crippen LogP contribution in [0, 0.1) is 0 Å². The van der Waals surface area contributed by atoms with Crippen molar-refractivity contribution in [1.29, 1.82) is 0 Å². The monoisotopic (exact) mass is 261 g/mol. The van der Waals surface area contributed by atoms with Crippen LogP contribution in [0.5, 0.6) is 5.75 Å². The molecule has 70 valence electrons. The van der Waals surface area contributed by atoms with Crippen LogP contribution in [0.2, 0.25) is 5.02 Å². The standard InChI is InChI=1S/C9H9BrClNO/c10-8-5-7(11)4-6(9(8)13)2-1-3-12/h1-2,4-5,13H,3,12H2. The van der Waals surface area contributed by atoms with Gasteiger partial charge in [0.25, 0.3) is 0 Å². The van der Waals surface area contributed by atoms with E-state index in [-0.39, 0.29) is 5.75 Å². The second kappa shape index (κ2) is 4.65. The largest absolute Gasteiger partial charge is 0.506 e. The maximum absolute atomic E-state index is 9.55. The number of phenolic OH excluding ortho intramolecular Hbond substituents is 1. The first-order valence-electron chi connectivity index (χ1n) is 3.69. The molecule has 1 rings (SSSR count). The lowest BCUT2D eigenvalue weighted by Crippen LogP contribution is -1.92. The van der Waals surface area contributed by atoms with Crippen LogP contribution in [-0.2, 0) is 0 Å². The Labute approximate surface area is 90.1 Å². The summed E-state index contributed by atoms with van der Waals surface area (Å²) in [4.78, 5) is 0. The number of aromatic hydroxyl groups is 1. The molecule has 0 unspecified atom stereocenters. The SMILES string of the molecule is NCC=Cc1cc(Cl)cc(Br)c1O. The van der Waals surface area contributed by atoms with Crippen molar-refractivity contribution in [2.45, 2.75) is 0 Å². The minimum Gasteiger partial charge on any atom is -0.506 e. The van der Waals surface area contributed by atoms with Crippen molar-refractivity contribution in [2.24, 2.45) is 5.73 Å². The van der Waals surface area contributed by atoms with Crippen LogP contribution < -0.4 is 5.73 Å². The second-order valence-corrected chi connectivity index (χ2v) is 3.75. The average Bonchev–Trinajstić information content (AvgIpc) is 2.09. The van der Waals surface area contributed by atoms with Crippen molar-refractivity contribution in [3.05, 3.63) is 33.3 Å². The molecular formula is C9H9BrClNO. The second-order valence-electron chi connectivity index (χ2n) is 2.46. The summed E-state index contributed by atoms with van der Waals surface area (Å²) in [5.41, 5.74) is 5.95. The molecule has 0 atom stereocenters. The predicted molar refractivity (Wildman–Crippen MR) is 58.9 cm³/mol. The highest BCUT2D eigenvalue weighted by Crippen LogP contribution is 2.32. The lowest BCUT2D eigenvalue weighted by atomic mass is 10.2. The smallest absolute Gasteiger partial charge is 0.137 e. The average molecular weight is 263 g/mol. The van der Waals surface area contributed by atoms with E-state index in [1.165, 1.54) is 0 Å². The molecule has 0 aliphatic carbocycles. The first kappa shape index (κ1) is 10.6. The van der Waals surface area contributed by atoms with E-state index in [4.69, 9.17) is 17.3 Å². The van der Waals surface area contributed by atoms with Gasteiger partial charge in [-0.2, -0.15) is 0 Å². The van der Waals surface area contributed by atoms with Crippen molar-refractivity contribution < 1.29 is 5.11 Å². The summed E-state index contributed by atoms with van der Waals surface area (Å²) in [6, 6.07) is 3.31. The molecule has 0 amide bonds. The van der Waals surface area contributed by atoms with Crippen LogP contribution in [0.15, 0.2) is 22.7 Å². The molecule has 0 radical (unpaired) electrons. The van der Waals surface area contributed by atoms with Gasteiger partial charge >= 0.3 is 0 Å². The molecule has 4 heteroatoms. The van der Waals surface area contributed by atoms with Gasteiger partial charge < -0.3 is 10.8 Å². The lowest BCUT2D eigenvalue weighted by molar-refractivity contribution is 0.470. The predicted octanol–water partition coefficient (Wildman–Crippen LogP) is 2.78. The van der Waals surface area contributed by atoms with Gasteiger partial charge in [0, 0.05) is 17.1 Å². The number of hydrogen-bond donors (Lipinski definition) is 2. The van der Waals surface area contributed by atoms with Crippen LogP contribution >= 0.6 is 27.5 Å². The third kappa shape index (κ3) is 2.72. The highest BCUT2D eigenvalue weighted by atomic mass is 79.9. The third-order valence-corrected chi connectivity index (χ3v) is 2.31. The van der Waals surface area contributed by atoms with E-state index >= 15 is 0 Å². The summed E-state index contributed by atoms with van der Waals surface area (Å²) >= 11 is 8.98. The third-order valence-electron chi connectivity index (χ3n) is 1.49. The van der Waals surface area contributed by atoms with Crippen LogP contribution in [0.3, 0.4) is 0 Å². The molecule has 2 nitrogen and oxygen atoms in total. The number of hydrogen-bond acceptors (Lipinski definition) is 2. The summed E-state index contributed by atoms with van der Waals surface area (Å²) < 4.78 is 0.580. The van der Waals surface area contributed by atoms with Crippen molar-refractivity contribution in [1.82, 2.24) is 0 Å². The summed E-state index contributed by atoms with van der Waals surface area (Å²) in [6.45, 7) is 0.434. The topological polar surface area (TPSA) is 46.2 Å². The zero-order chi connectivity index (χ0) is 9.84. The molecule has 0 heterocycles. The lowest BCUT2D eigenvalue weighted by Gasteiger charge is -2.02. The van der Waals surface area contributed by atoms with Crippen LogP contribution in [0.1, 0.15) is 5.56 Å². The number of nitrogens with two attached hydrogens (primary N) is 1. The Bertz CT molecular complexity index is 339. The molecule has 0 saturated heterocycles. The number of phenols is 1. The fourth-order valence-corrected chi connectivity index (χ4v) is 1.74. The maximum Gasteiger partial charge on any atom is 0.137 e. The Hall–Kier alpha value is -0.510. The van der Waals surface area contributed by atoms with E-state index in [0.29, 0.717) is 21.6 Å². The zero-order valence-corrected chi connectivity index (χ0v) is 9.14. The summed E-state index contributed by atoms with van der Waals surface area (Å²) in [7, 11) is 0. The van der Waals surface area contributed by atoms with Gasteiger partial charge in [-0.1, -0.05) is 23.8 Å². The van der Waals surface area contributed by atoms with Gasteiger partial charge in [0.15, 0.2) is 0 Å². The molecule has 0 fully saturated rings. The van der Waals surface area contributed by atoms with Gasteiger partial charge in [-0.3, -0.25) is 0 Å². The Kier molecular flexibility index (Phi) is 3.78. The van der Waals surface area contributed by atoms with Gasteiger partial charge in [0.1, 0.15) is 5.75 Å². The van der Waals surface area contributed by atoms with Crippen molar-refractivity contribution >= 4 is 33.6 Å². The van der Waals surface area contributed by atoms with E-state index in [0.717, 1.165) is 0 Å². The molecule has 1 aromatic carbocycles. The quantitative estimate of drug-likeness (QED) is 0.861. The molecule has 3 N–H and O–H groups in total. The van der Waals surface area contributed by atoms with E-state index in [2.05, 4.69) is 15.9 Å². The Morgan fingerprint density at radius 3 is 2.85 bits per heavy atom. The van der Waals surface area contributed by atoms with Crippen LogP contribution in [0.25, 0.3) is 6.08 Å². The first-order chi connectivity index (χ1) is 6.15. The fourth-order valence-electron chi connectivity index (χ4n) is 0.908. The number of benzene rings is 1. The Balaban J connectivity index is 3.12. The van der Waals surface area contributed by atoms with Gasteiger partial charge in [-0.05, 0) is 28.1 Å². The Morgan fingerprint density at radius 2 is 2.23 bits per heavy atom. The van der Waals surface area contributed by atoms with Gasteiger partial charge in [0.05, 0.1) is 4.47 Å². The minimum atomic E-state index is 0.175. The minimum absolute atomic E-state index is 0.175. The molecule has 13 heavy (non-hydrogen) atoms. The first-order valence-corrected chi connectivity index (χ1v) is 4.87. The number of rotatable bonds is 2. The van der Waals surface area contributed by atoms with Gasteiger partial charge in [0.2, 0.25) is 0 Å². The fraction of sp³-hybridized carbons (Fsp3) is 0.111. The zero-order valence-electron chi connectivity index (χ0n) is 6.80. The molecule has 0 saturated carbocycles. The molecule has 0 bridgehead atoms. The molecule has 0 aliphatic heterocycles.